The summed E-state index contributed by atoms with van der Waals surface area (Å²) in [6.07, 6.45) is 0. The van der Waals surface area contributed by atoms with Crippen LogP contribution < -0.4 is 16.7 Å². The molecular weight excluding hydrogens is 431 g/mol. The minimum atomic E-state index is -0.0200. The molecule has 0 radical (unpaired) electrons. The van der Waals surface area contributed by atoms with Crippen LogP contribution in [0.3, 0.4) is 0 Å². The van der Waals surface area contributed by atoms with Gasteiger partial charge in [0.25, 0.3) is 0 Å². The van der Waals surface area contributed by atoms with Gasteiger partial charge in [0, 0.05) is 0 Å². The fourth-order valence-corrected chi connectivity index (χ4v) is 15.6. The minimum absolute atomic E-state index is 0.0200. The summed E-state index contributed by atoms with van der Waals surface area (Å²) in [5, 5.41) is 2.79. The molecule has 2 aromatic rings. The molecule has 0 bridgehead atoms. The van der Waals surface area contributed by atoms with Crippen LogP contribution in [0.5, 0.6) is 11.5 Å². The van der Waals surface area contributed by atoms with Gasteiger partial charge in [-0.2, -0.15) is 0 Å². The number of ether oxygens (including phenoxy) is 2. The molecule has 0 spiro atoms. The summed E-state index contributed by atoms with van der Waals surface area (Å²) in [7, 11) is 3.53. The Labute approximate surface area is 111 Å². The first kappa shape index (κ1) is 11.0. The number of hydrogen-bond donors (Lipinski definition) is 0. The van der Waals surface area contributed by atoms with Crippen LogP contribution in [0.15, 0.2) is 24.3 Å². The molecule has 4 heteroatoms. The van der Waals surface area contributed by atoms with Crippen molar-refractivity contribution in [1.29, 1.82) is 0 Å². The van der Waals surface area contributed by atoms with Gasteiger partial charge in [-0.25, -0.2) is 0 Å². The van der Waals surface area contributed by atoms with Crippen LogP contribution in [0.4, 0.5) is 0 Å². The second-order valence-electron chi connectivity index (χ2n) is 3.46. The van der Waals surface area contributed by atoms with Gasteiger partial charge in [0.05, 0.1) is 0 Å². The molecule has 1 heterocycles. The summed E-state index contributed by atoms with van der Waals surface area (Å²) < 4.78 is 14.0. The van der Waals surface area contributed by atoms with Gasteiger partial charge < -0.3 is 0 Å². The molecule has 0 saturated heterocycles. The monoisotopic (exact) mass is 446 g/mol. The van der Waals surface area contributed by atoms with E-state index in [1.54, 1.807) is 14.2 Å². The Hall–Kier alpha value is -0.121. The third-order valence-corrected chi connectivity index (χ3v) is 14.1. The van der Waals surface area contributed by atoms with Crippen molar-refractivity contribution in [3.63, 3.8) is 0 Å². The van der Waals surface area contributed by atoms with Gasteiger partial charge in [-0.05, 0) is 0 Å². The Morgan fingerprint density at radius 1 is 0.812 bits per heavy atom. The van der Waals surface area contributed by atoms with Crippen molar-refractivity contribution in [2.24, 2.45) is 0 Å². The van der Waals surface area contributed by atoms with E-state index in [0.29, 0.717) is 0 Å². The van der Waals surface area contributed by atoms with Gasteiger partial charge in [0.1, 0.15) is 0 Å². The van der Waals surface area contributed by atoms with Crippen molar-refractivity contribution < 1.29 is 9.47 Å². The van der Waals surface area contributed by atoms with E-state index < -0.39 is 0 Å². The van der Waals surface area contributed by atoms with Crippen molar-refractivity contribution in [2.75, 3.05) is 14.2 Å². The molecule has 82 valence electrons. The first-order valence-corrected chi connectivity index (χ1v) is 14.5. The summed E-state index contributed by atoms with van der Waals surface area (Å²) >= 11 is -0.0399. The zero-order valence-electron chi connectivity index (χ0n) is 8.94. The quantitative estimate of drug-likeness (QED) is 0.631. The second-order valence-corrected chi connectivity index (χ2v) is 13.1. The zero-order chi connectivity index (χ0) is 11.1. The molecule has 0 fully saturated rings. The number of hydrogen-bond acceptors (Lipinski definition) is 2. The Kier molecular flexibility index (Phi) is 2.94. The van der Waals surface area contributed by atoms with Gasteiger partial charge in [-0.3, -0.25) is 0 Å². The van der Waals surface area contributed by atoms with Gasteiger partial charge in [0.15, 0.2) is 0 Å². The molecule has 16 heavy (non-hydrogen) atoms. The molecule has 0 aromatic heterocycles. The van der Waals surface area contributed by atoms with Crippen molar-refractivity contribution in [3.05, 3.63) is 24.3 Å². The van der Waals surface area contributed by atoms with E-state index in [0.717, 1.165) is 11.5 Å². The van der Waals surface area contributed by atoms with Crippen molar-refractivity contribution in [2.45, 2.75) is 0 Å². The fraction of sp³-hybridized carbons (Fsp3) is 0.167. The summed E-state index contributed by atoms with van der Waals surface area (Å²) in [5.74, 6) is 2.18. The van der Waals surface area contributed by atoms with E-state index in [9.17, 15) is 0 Å². The van der Waals surface area contributed by atoms with E-state index in [1.165, 1.54) is 18.0 Å². The van der Waals surface area contributed by atoms with Crippen LogP contribution in [0.2, 0.25) is 0 Å². The third kappa shape index (κ3) is 1.52. The predicted molar refractivity (Wildman–Crippen MR) is 67.8 cm³/mol. The maximum atomic E-state index is 5.46. The van der Waals surface area contributed by atoms with Crippen LogP contribution in [0.25, 0.3) is 10.8 Å². The van der Waals surface area contributed by atoms with E-state index in [1.807, 2.05) is 0 Å². The SMILES string of the molecule is COc1ccc2ccc(OC)c3c2c1[Te][Te]3. The number of rotatable bonds is 2. The van der Waals surface area contributed by atoms with E-state index >= 15 is 0 Å². The molecule has 0 atom stereocenters. The van der Waals surface area contributed by atoms with Crippen LogP contribution in [-0.2, 0) is 0 Å². The Morgan fingerprint density at radius 2 is 1.31 bits per heavy atom. The molecule has 0 amide bonds. The molecule has 0 unspecified atom stereocenters. The van der Waals surface area contributed by atoms with E-state index in [4.69, 9.17) is 9.47 Å². The molecule has 2 nitrogen and oxygen atoms in total. The summed E-state index contributed by atoms with van der Waals surface area (Å²) in [4.78, 5) is 0. The molecule has 1 aliphatic heterocycles. The number of benzene rings is 2. The van der Waals surface area contributed by atoms with Crippen LogP contribution in [-0.4, -0.2) is 48.3 Å². The van der Waals surface area contributed by atoms with Crippen molar-refractivity contribution >= 4 is 52.1 Å². The Bertz CT molecular complexity index is 520. The molecule has 0 N–H and O–H groups in total. The normalized spacial score (nSPS) is 13.1. The zero-order valence-corrected chi connectivity index (χ0v) is 13.6. The molecule has 0 aliphatic carbocycles. The third-order valence-electron chi connectivity index (χ3n) is 2.67. The fourth-order valence-electron chi connectivity index (χ4n) is 1.89. The standard InChI is InChI=1S/C12H10O2Te2/c1-13-8-5-3-7-4-6-9(14-2)12-10(7)11(8)15-16-12/h3-6H,1-2H3. The average Bonchev–Trinajstić information content (AvgIpc) is 2.77. The summed E-state index contributed by atoms with van der Waals surface area (Å²) in [6, 6.07) is 8.53. The Morgan fingerprint density at radius 3 is 1.75 bits per heavy atom. The average molecular weight is 441 g/mol. The maximum absolute atomic E-state index is 5.46. The topological polar surface area (TPSA) is 18.5 Å². The molecule has 1 aliphatic rings. The van der Waals surface area contributed by atoms with Gasteiger partial charge in [-0.15, -0.1) is 0 Å². The van der Waals surface area contributed by atoms with Gasteiger partial charge in [-0.1, -0.05) is 0 Å². The molecule has 3 rings (SSSR count). The van der Waals surface area contributed by atoms with Gasteiger partial charge >= 0.3 is 112 Å². The van der Waals surface area contributed by atoms with Crippen LogP contribution >= 0.6 is 0 Å². The summed E-state index contributed by atoms with van der Waals surface area (Å²) in [6.45, 7) is 0. The van der Waals surface area contributed by atoms with E-state index in [2.05, 4.69) is 24.3 Å². The van der Waals surface area contributed by atoms with E-state index in [-0.39, 0.29) is 34.1 Å². The molecule has 0 saturated carbocycles. The first-order valence-electron chi connectivity index (χ1n) is 4.87. The Balaban J connectivity index is 2.39. The first-order chi connectivity index (χ1) is 7.85. The summed E-state index contributed by atoms with van der Waals surface area (Å²) in [5.41, 5.74) is 0. The van der Waals surface area contributed by atoms with Crippen LogP contribution in [0.1, 0.15) is 0 Å². The predicted octanol–water partition coefficient (Wildman–Crippen LogP) is 0.445. The van der Waals surface area contributed by atoms with Crippen molar-refractivity contribution in [3.8, 4) is 11.5 Å². The van der Waals surface area contributed by atoms with Crippen molar-refractivity contribution in [1.82, 2.24) is 0 Å². The second kappa shape index (κ2) is 4.28. The van der Waals surface area contributed by atoms with Gasteiger partial charge in [0.2, 0.25) is 0 Å². The number of methoxy groups -OCH3 is 2. The van der Waals surface area contributed by atoms with Crippen LogP contribution in [0, 0.1) is 0 Å². The molecule has 2 aromatic carbocycles. The molecular formula is C12H10O2Te2.